The zero-order valence-electron chi connectivity index (χ0n) is 7.15. The van der Waals surface area contributed by atoms with Crippen LogP contribution in [-0.4, -0.2) is 16.6 Å². The van der Waals surface area contributed by atoms with E-state index < -0.39 is 5.60 Å². The first-order valence-corrected chi connectivity index (χ1v) is 4.44. The Bertz CT molecular complexity index is 153. The van der Waals surface area contributed by atoms with Crippen LogP contribution in [0.3, 0.4) is 0 Å². The molecule has 0 spiro atoms. The minimum Gasteiger partial charge on any atom is -0.378 e. The van der Waals surface area contributed by atoms with Crippen LogP contribution in [0.1, 0.15) is 33.1 Å². The number of hydrogen-bond donors (Lipinski definition) is 1. The zero-order valence-corrected chi connectivity index (χ0v) is 7.91. The Balaban J connectivity index is 3.67. The van der Waals surface area contributed by atoms with Crippen molar-refractivity contribution in [3.8, 4) is 11.8 Å². The first kappa shape index (κ1) is 10.8. The third-order valence-corrected chi connectivity index (χ3v) is 1.75. The van der Waals surface area contributed by atoms with Crippen molar-refractivity contribution in [2.24, 2.45) is 0 Å². The second kappa shape index (κ2) is 5.46. The SMILES string of the molecule is CCC(C)(O)C#CCCCCl. The fourth-order valence-corrected chi connectivity index (χ4v) is 0.630. The number of unbranched alkanes of at least 4 members (excludes halogenated alkanes) is 1. The van der Waals surface area contributed by atoms with Gasteiger partial charge < -0.3 is 5.11 Å². The minimum absolute atomic E-state index is 0.642. The monoisotopic (exact) mass is 174 g/mol. The fourth-order valence-electron chi connectivity index (χ4n) is 0.497. The minimum atomic E-state index is -0.813. The summed E-state index contributed by atoms with van der Waals surface area (Å²) in [5.41, 5.74) is -0.813. The van der Waals surface area contributed by atoms with Crippen molar-refractivity contribution in [1.29, 1.82) is 0 Å². The molecule has 0 radical (unpaired) electrons. The van der Waals surface area contributed by atoms with Gasteiger partial charge in [-0.3, -0.25) is 0 Å². The van der Waals surface area contributed by atoms with Crippen LogP contribution >= 0.6 is 11.6 Å². The van der Waals surface area contributed by atoms with E-state index in [9.17, 15) is 5.11 Å². The van der Waals surface area contributed by atoms with Gasteiger partial charge in [-0.25, -0.2) is 0 Å². The highest BCUT2D eigenvalue weighted by atomic mass is 35.5. The van der Waals surface area contributed by atoms with E-state index in [0.717, 1.165) is 12.8 Å². The molecule has 0 saturated carbocycles. The molecule has 0 saturated heterocycles. The van der Waals surface area contributed by atoms with E-state index in [4.69, 9.17) is 11.6 Å². The van der Waals surface area contributed by atoms with Gasteiger partial charge in [-0.05, 0) is 19.8 Å². The van der Waals surface area contributed by atoms with Crippen LogP contribution in [0.25, 0.3) is 0 Å². The Morgan fingerprint density at radius 3 is 2.64 bits per heavy atom. The summed E-state index contributed by atoms with van der Waals surface area (Å²) < 4.78 is 0. The molecular weight excluding hydrogens is 160 g/mol. The van der Waals surface area contributed by atoms with E-state index in [2.05, 4.69) is 11.8 Å². The topological polar surface area (TPSA) is 20.2 Å². The molecule has 64 valence electrons. The summed E-state index contributed by atoms with van der Waals surface area (Å²) in [6.45, 7) is 3.64. The molecule has 1 nitrogen and oxygen atoms in total. The van der Waals surface area contributed by atoms with Gasteiger partial charge in [0.25, 0.3) is 0 Å². The zero-order chi connectivity index (χ0) is 8.74. The van der Waals surface area contributed by atoms with Gasteiger partial charge in [-0.15, -0.1) is 17.5 Å². The second-order valence-electron chi connectivity index (χ2n) is 2.72. The molecule has 0 heterocycles. The number of hydrogen-bond acceptors (Lipinski definition) is 1. The van der Waals surface area contributed by atoms with Crippen molar-refractivity contribution in [3.63, 3.8) is 0 Å². The molecule has 1 atom stereocenters. The van der Waals surface area contributed by atoms with Crippen molar-refractivity contribution < 1.29 is 5.11 Å². The highest BCUT2D eigenvalue weighted by molar-refractivity contribution is 6.17. The van der Waals surface area contributed by atoms with Crippen LogP contribution < -0.4 is 0 Å². The molecule has 0 amide bonds. The lowest BCUT2D eigenvalue weighted by atomic mass is 10.1. The molecule has 0 aliphatic heterocycles. The maximum Gasteiger partial charge on any atom is 0.122 e. The predicted octanol–water partition coefficient (Wildman–Crippen LogP) is 2.17. The van der Waals surface area contributed by atoms with Crippen LogP contribution in [0.2, 0.25) is 0 Å². The molecule has 0 rings (SSSR count). The molecule has 1 N–H and O–H groups in total. The normalized spacial score (nSPS) is 14.9. The third kappa shape index (κ3) is 6.22. The van der Waals surface area contributed by atoms with Gasteiger partial charge in [-0.2, -0.15) is 0 Å². The lowest BCUT2D eigenvalue weighted by molar-refractivity contribution is 0.118. The van der Waals surface area contributed by atoms with Crippen molar-refractivity contribution in [1.82, 2.24) is 0 Å². The number of aliphatic hydroxyl groups is 1. The van der Waals surface area contributed by atoms with Gasteiger partial charge in [0.15, 0.2) is 0 Å². The van der Waals surface area contributed by atoms with Crippen LogP contribution in [0.4, 0.5) is 0 Å². The van der Waals surface area contributed by atoms with Crippen LogP contribution in [0.15, 0.2) is 0 Å². The summed E-state index contributed by atoms with van der Waals surface area (Å²) in [4.78, 5) is 0. The first-order valence-electron chi connectivity index (χ1n) is 3.91. The largest absolute Gasteiger partial charge is 0.378 e. The molecule has 0 aromatic rings. The van der Waals surface area contributed by atoms with E-state index in [0.29, 0.717) is 12.3 Å². The number of alkyl halides is 1. The molecule has 1 unspecified atom stereocenters. The van der Waals surface area contributed by atoms with Gasteiger partial charge in [0.1, 0.15) is 5.60 Å². The average Bonchev–Trinajstić information content (AvgIpc) is 1.99. The highest BCUT2D eigenvalue weighted by Gasteiger charge is 2.11. The van der Waals surface area contributed by atoms with E-state index >= 15 is 0 Å². The lowest BCUT2D eigenvalue weighted by Crippen LogP contribution is -2.19. The molecule has 0 fully saturated rings. The second-order valence-corrected chi connectivity index (χ2v) is 3.10. The maximum atomic E-state index is 9.42. The smallest absolute Gasteiger partial charge is 0.122 e. The molecule has 0 bridgehead atoms. The molecule has 2 heteroatoms. The Kier molecular flexibility index (Phi) is 5.36. The van der Waals surface area contributed by atoms with Gasteiger partial charge in [0, 0.05) is 12.3 Å². The van der Waals surface area contributed by atoms with Gasteiger partial charge in [0.2, 0.25) is 0 Å². The third-order valence-electron chi connectivity index (χ3n) is 1.48. The van der Waals surface area contributed by atoms with Crippen LogP contribution in [0.5, 0.6) is 0 Å². The molecule has 11 heavy (non-hydrogen) atoms. The summed E-state index contributed by atoms with van der Waals surface area (Å²) >= 11 is 5.46. The number of halogens is 1. The standard InChI is InChI=1S/C9H15ClO/c1-3-9(2,11)7-5-4-6-8-10/h11H,3-4,6,8H2,1-2H3. The fraction of sp³-hybridized carbons (Fsp3) is 0.778. The average molecular weight is 175 g/mol. The molecule has 0 aromatic carbocycles. The molecule has 0 aliphatic carbocycles. The Morgan fingerprint density at radius 1 is 1.55 bits per heavy atom. The van der Waals surface area contributed by atoms with Crippen molar-refractivity contribution >= 4 is 11.6 Å². The van der Waals surface area contributed by atoms with Crippen molar-refractivity contribution in [2.75, 3.05) is 5.88 Å². The molecule has 0 aromatic heterocycles. The Labute approximate surface area is 73.8 Å². The van der Waals surface area contributed by atoms with E-state index in [1.54, 1.807) is 6.92 Å². The predicted molar refractivity (Wildman–Crippen MR) is 48.6 cm³/mol. The lowest BCUT2D eigenvalue weighted by Gasteiger charge is -2.11. The van der Waals surface area contributed by atoms with E-state index in [1.165, 1.54) is 0 Å². The van der Waals surface area contributed by atoms with Crippen LogP contribution in [-0.2, 0) is 0 Å². The Morgan fingerprint density at radius 2 is 2.18 bits per heavy atom. The van der Waals surface area contributed by atoms with Crippen molar-refractivity contribution in [3.05, 3.63) is 0 Å². The highest BCUT2D eigenvalue weighted by Crippen LogP contribution is 2.05. The summed E-state index contributed by atoms with van der Waals surface area (Å²) in [5.74, 6) is 6.33. The summed E-state index contributed by atoms with van der Waals surface area (Å²) in [6, 6.07) is 0. The molecular formula is C9H15ClO. The maximum absolute atomic E-state index is 9.42. The summed E-state index contributed by atoms with van der Waals surface area (Å²) in [6.07, 6.45) is 2.34. The van der Waals surface area contributed by atoms with Crippen molar-refractivity contribution in [2.45, 2.75) is 38.7 Å². The van der Waals surface area contributed by atoms with Crippen LogP contribution in [0, 0.1) is 11.8 Å². The number of rotatable bonds is 3. The summed E-state index contributed by atoms with van der Waals surface area (Å²) in [7, 11) is 0. The van der Waals surface area contributed by atoms with E-state index in [-0.39, 0.29) is 0 Å². The Hall–Kier alpha value is -0.190. The quantitative estimate of drug-likeness (QED) is 0.395. The summed E-state index contributed by atoms with van der Waals surface area (Å²) in [5, 5.41) is 9.42. The van der Waals surface area contributed by atoms with E-state index in [1.807, 2.05) is 6.92 Å². The first-order chi connectivity index (χ1) is 5.12. The van der Waals surface area contributed by atoms with Gasteiger partial charge >= 0.3 is 0 Å². The molecule has 0 aliphatic rings. The van der Waals surface area contributed by atoms with Gasteiger partial charge in [-0.1, -0.05) is 12.8 Å². The van der Waals surface area contributed by atoms with Gasteiger partial charge in [0.05, 0.1) is 0 Å².